The molecule has 2 amide bonds. The number of halogens is 2. The Bertz CT molecular complexity index is 839. The van der Waals surface area contributed by atoms with E-state index in [1.807, 2.05) is 11.5 Å². The zero-order valence-corrected chi connectivity index (χ0v) is 16.5. The number of nitrogens with one attached hydrogen (secondary N) is 1. The third-order valence-electron chi connectivity index (χ3n) is 4.70. The number of aromatic nitrogens is 3. The third-order valence-corrected chi connectivity index (χ3v) is 5.25. The summed E-state index contributed by atoms with van der Waals surface area (Å²) in [7, 11) is 0. The smallest absolute Gasteiger partial charge is 0.253 e. The van der Waals surface area contributed by atoms with Crippen LogP contribution in [0.2, 0.25) is 10.0 Å². The van der Waals surface area contributed by atoms with Crippen molar-refractivity contribution in [3.63, 3.8) is 0 Å². The monoisotopic (exact) mass is 409 g/mol. The maximum absolute atomic E-state index is 12.6. The van der Waals surface area contributed by atoms with E-state index in [1.54, 1.807) is 23.4 Å². The van der Waals surface area contributed by atoms with E-state index in [2.05, 4.69) is 15.5 Å². The van der Waals surface area contributed by atoms with Crippen molar-refractivity contribution in [2.45, 2.75) is 32.2 Å². The summed E-state index contributed by atoms with van der Waals surface area (Å²) < 4.78 is 2.00. The first-order chi connectivity index (χ1) is 13.0. The molecule has 0 radical (unpaired) electrons. The number of likely N-dealkylation sites (tertiary alicyclic amines) is 1. The Labute approximate surface area is 167 Å². The first-order valence-electron chi connectivity index (χ1n) is 8.88. The molecular formula is C18H21Cl2N5O2. The SMILES string of the molecule is CCn1cnnc1C1CCCN(C(=O)CNC(=O)c2ccc(Cl)cc2Cl)C1. The van der Waals surface area contributed by atoms with Crippen molar-refractivity contribution >= 4 is 35.0 Å². The second kappa shape index (κ2) is 8.71. The number of aryl methyl sites for hydroxylation is 1. The van der Waals surface area contributed by atoms with Gasteiger partial charge < -0.3 is 14.8 Å². The quantitative estimate of drug-likeness (QED) is 0.822. The Balaban J connectivity index is 1.58. The molecular weight excluding hydrogens is 389 g/mol. The summed E-state index contributed by atoms with van der Waals surface area (Å²) in [5.74, 6) is 0.545. The Morgan fingerprint density at radius 1 is 1.33 bits per heavy atom. The largest absolute Gasteiger partial charge is 0.343 e. The number of benzene rings is 1. The zero-order valence-electron chi connectivity index (χ0n) is 15.0. The maximum atomic E-state index is 12.6. The van der Waals surface area contributed by atoms with Gasteiger partial charge in [-0.2, -0.15) is 0 Å². The first-order valence-corrected chi connectivity index (χ1v) is 9.64. The molecule has 0 aliphatic carbocycles. The topological polar surface area (TPSA) is 80.1 Å². The van der Waals surface area contributed by atoms with E-state index in [-0.39, 0.29) is 23.4 Å². The summed E-state index contributed by atoms with van der Waals surface area (Å²) >= 11 is 11.9. The summed E-state index contributed by atoms with van der Waals surface area (Å²) in [5, 5.41) is 11.5. The van der Waals surface area contributed by atoms with Crippen LogP contribution in [0.15, 0.2) is 24.5 Å². The van der Waals surface area contributed by atoms with Gasteiger partial charge in [-0.3, -0.25) is 9.59 Å². The van der Waals surface area contributed by atoms with Crippen LogP contribution < -0.4 is 5.32 Å². The van der Waals surface area contributed by atoms with Gasteiger partial charge in [-0.05, 0) is 38.0 Å². The fraction of sp³-hybridized carbons (Fsp3) is 0.444. The molecule has 1 aromatic carbocycles. The molecule has 1 aliphatic heterocycles. The lowest BCUT2D eigenvalue weighted by molar-refractivity contribution is -0.131. The normalized spacial score (nSPS) is 17.0. The van der Waals surface area contributed by atoms with Crippen LogP contribution in [-0.4, -0.2) is 51.1 Å². The molecule has 27 heavy (non-hydrogen) atoms. The summed E-state index contributed by atoms with van der Waals surface area (Å²) in [6, 6.07) is 4.63. The van der Waals surface area contributed by atoms with Crippen LogP contribution in [-0.2, 0) is 11.3 Å². The van der Waals surface area contributed by atoms with Gasteiger partial charge in [0, 0.05) is 30.6 Å². The lowest BCUT2D eigenvalue weighted by atomic mass is 9.97. The highest BCUT2D eigenvalue weighted by molar-refractivity contribution is 6.36. The number of carbonyl (C=O) groups excluding carboxylic acids is 2. The van der Waals surface area contributed by atoms with E-state index in [1.165, 1.54) is 6.07 Å². The highest BCUT2D eigenvalue weighted by Gasteiger charge is 2.28. The Morgan fingerprint density at radius 3 is 2.89 bits per heavy atom. The van der Waals surface area contributed by atoms with E-state index in [4.69, 9.17) is 23.2 Å². The van der Waals surface area contributed by atoms with E-state index in [9.17, 15) is 9.59 Å². The fourth-order valence-electron chi connectivity index (χ4n) is 3.27. The molecule has 2 aromatic rings. The van der Waals surface area contributed by atoms with Crippen LogP contribution in [0.5, 0.6) is 0 Å². The van der Waals surface area contributed by atoms with Crippen molar-refractivity contribution in [3.05, 3.63) is 46.0 Å². The molecule has 0 saturated carbocycles. The molecule has 1 aromatic heterocycles. The van der Waals surface area contributed by atoms with E-state index in [0.29, 0.717) is 23.7 Å². The standard InChI is InChI=1S/C18H21Cl2N5O2/c1-2-24-11-22-23-17(24)12-4-3-7-25(10-12)16(26)9-21-18(27)14-6-5-13(19)8-15(14)20/h5-6,8,11-12H,2-4,7,9-10H2,1H3,(H,21,27). The molecule has 3 rings (SSSR count). The van der Waals surface area contributed by atoms with Crippen molar-refractivity contribution in [2.75, 3.05) is 19.6 Å². The molecule has 1 atom stereocenters. The number of rotatable bonds is 5. The Hall–Kier alpha value is -2.12. The minimum atomic E-state index is -0.399. The van der Waals surface area contributed by atoms with Crippen molar-refractivity contribution < 1.29 is 9.59 Å². The zero-order chi connectivity index (χ0) is 19.4. The lowest BCUT2D eigenvalue weighted by Crippen LogP contribution is -2.45. The van der Waals surface area contributed by atoms with Crippen LogP contribution in [0.4, 0.5) is 0 Å². The molecule has 1 saturated heterocycles. The van der Waals surface area contributed by atoms with Crippen LogP contribution >= 0.6 is 23.2 Å². The second-order valence-corrected chi connectivity index (χ2v) is 7.30. The molecule has 1 aliphatic rings. The summed E-state index contributed by atoms with van der Waals surface area (Å²) in [4.78, 5) is 26.6. The number of nitrogens with zero attached hydrogens (tertiary/aromatic N) is 4. The number of piperidine rings is 1. The van der Waals surface area contributed by atoms with Gasteiger partial charge in [-0.25, -0.2) is 0 Å². The number of carbonyl (C=O) groups is 2. The van der Waals surface area contributed by atoms with Gasteiger partial charge in [0.1, 0.15) is 12.2 Å². The van der Waals surface area contributed by atoms with Gasteiger partial charge >= 0.3 is 0 Å². The third kappa shape index (κ3) is 4.59. The second-order valence-electron chi connectivity index (χ2n) is 6.46. The van der Waals surface area contributed by atoms with Crippen LogP contribution in [0, 0.1) is 0 Å². The average Bonchev–Trinajstić information content (AvgIpc) is 3.15. The van der Waals surface area contributed by atoms with Crippen LogP contribution in [0.1, 0.15) is 41.9 Å². The van der Waals surface area contributed by atoms with Gasteiger partial charge in [-0.1, -0.05) is 23.2 Å². The van der Waals surface area contributed by atoms with Gasteiger partial charge in [0.15, 0.2) is 0 Å². The molecule has 1 fully saturated rings. The predicted molar refractivity (Wildman–Crippen MR) is 103 cm³/mol. The van der Waals surface area contributed by atoms with Gasteiger partial charge in [-0.15, -0.1) is 10.2 Å². The summed E-state index contributed by atoms with van der Waals surface area (Å²) in [5.41, 5.74) is 0.293. The molecule has 7 nitrogen and oxygen atoms in total. The van der Waals surface area contributed by atoms with Gasteiger partial charge in [0.25, 0.3) is 5.91 Å². The van der Waals surface area contributed by atoms with Gasteiger partial charge in [0.2, 0.25) is 5.91 Å². The molecule has 144 valence electrons. The average molecular weight is 410 g/mol. The summed E-state index contributed by atoms with van der Waals surface area (Å²) in [6.45, 7) is 4.01. The molecule has 1 N–H and O–H groups in total. The maximum Gasteiger partial charge on any atom is 0.253 e. The molecule has 1 unspecified atom stereocenters. The van der Waals surface area contributed by atoms with Crippen molar-refractivity contribution in [1.29, 1.82) is 0 Å². The summed E-state index contributed by atoms with van der Waals surface area (Å²) in [6.07, 6.45) is 3.57. The van der Waals surface area contributed by atoms with Gasteiger partial charge in [0.05, 0.1) is 17.1 Å². The molecule has 9 heteroatoms. The number of hydrogen-bond donors (Lipinski definition) is 1. The first kappa shape index (κ1) is 19.6. The van der Waals surface area contributed by atoms with E-state index < -0.39 is 5.91 Å². The fourth-order valence-corrected chi connectivity index (χ4v) is 3.77. The van der Waals surface area contributed by atoms with Crippen molar-refractivity contribution in [1.82, 2.24) is 25.0 Å². The van der Waals surface area contributed by atoms with Crippen molar-refractivity contribution in [2.24, 2.45) is 0 Å². The van der Waals surface area contributed by atoms with Crippen LogP contribution in [0.25, 0.3) is 0 Å². The highest BCUT2D eigenvalue weighted by Crippen LogP contribution is 2.25. The Kier molecular flexibility index (Phi) is 6.34. The minimum absolute atomic E-state index is 0.0784. The van der Waals surface area contributed by atoms with Crippen molar-refractivity contribution in [3.8, 4) is 0 Å². The van der Waals surface area contributed by atoms with Crippen LogP contribution in [0.3, 0.4) is 0 Å². The molecule has 2 heterocycles. The molecule has 0 spiro atoms. The highest BCUT2D eigenvalue weighted by atomic mass is 35.5. The number of hydrogen-bond acceptors (Lipinski definition) is 4. The van der Waals surface area contributed by atoms with E-state index >= 15 is 0 Å². The van der Waals surface area contributed by atoms with E-state index in [0.717, 1.165) is 25.2 Å². The molecule has 0 bridgehead atoms. The lowest BCUT2D eigenvalue weighted by Gasteiger charge is -2.32. The Morgan fingerprint density at radius 2 is 2.15 bits per heavy atom. The predicted octanol–water partition coefficient (Wildman–Crippen LogP) is 2.74. The number of amides is 2. The minimum Gasteiger partial charge on any atom is -0.343 e.